The number of esters is 2. The lowest BCUT2D eigenvalue weighted by Gasteiger charge is -2.38. The molecule has 1 atom stereocenters. The number of carbonyl (C=O) groups excluding carboxylic acids is 2. The van der Waals surface area contributed by atoms with Crippen molar-refractivity contribution in [1.29, 1.82) is 0 Å². The van der Waals surface area contributed by atoms with Gasteiger partial charge in [-0.25, -0.2) is 0 Å². The van der Waals surface area contributed by atoms with E-state index in [2.05, 4.69) is 25.5 Å². The molecule has 0 aromatic rings. The van der Waals surface area contributed by atoms with Gasteiger partial charge < -0.3 is 9.47 Å². The van der Waals surface area contributed by atoms with E-state index in [9.17, 15) is 22.8 Å². The second kappa shape index (κ2) is 9.04. The van der Waals surface area contributed by atoms with E-state index < -0.39 is 24.4 Å². The molecule has 0 aliphatic heterocycles. The maximum atomic E-state index is 13.1. The van der Waals surface area contributed by atoms with E-state index in [1.165, 1.54) is 0 Å². The van der Waals surface area contributed by atoms with Gasteiger partial charge in [-0.1, -0.05) is 48.0 Å². The summed E-state index contributed by atoms with van der Waals surface area (Å²) in [6.45, 7) is 10.6. The van der Waals surface area contributed by atoms with Gasteiger partial charge in [0, 0.05) is 0 Å². The van der Waals surface area contributed by atoms with Crippen molar-refractivity contribution < 1.29 is 32.2 Å². The molecule has 0 saturated heterocycles. The van der Waals surface area contributed by atoms with E-state index in [4.69, 9.17) is 4.74 Å². The molecular formula is C21H35F3O4. The minimum absolute atomic E-state index is 0.0502. The van der Waals surface area contributed by atoms with Gasteiger partial charge in [0.1, 0.15) is 5.60 Å². The molecule has 7 heteroatoms. The van der Waals surface area contributed by atoms with Gasteiger partial charge in [-0.3, -0.25) is 9.59 Å². The van der Waals surface area contributed by atoms with Crippen molar-refractivity contribution in [2.24, 2.45) is 16.7 Å². The molecule has 28 heavy (non-hydrogen) atoms. The molecule has 1 aliphatic rings. The summed E-state index contributed by atoms with van der Waals surface area (Å²) in [5, 5.41) is 0. The summed E-state index contributed by atoms with van der Waals surface area (Å²) in [5.41, 5.74) is -1.44. The number of ether oxygens (including phenoxy) is 2. The predicted octanol–water partition coefficient (Wildman–Crippen LogP) is 5.83. The zero-order chi connectivity index (χ0) is 21.8. The van der Waals surface area contributed by atoms with Crippen molar-refractivity contribution in [2.75, 3.05) is 6.61 Å². The van der Waals surface area contributed by atoms with E-state index in [1.54, 1.807) is 0 Å². The summed E-state index contributed by atoms with van der Waals surface area (Å²) in [7, 11) is 0. The first-order valence-corrected chi connectivity index (χ1v) is 10.0. The highest BCUT2D eigenvalue weighted by atomic mass is 19.4. The van der Waals surface area contributed by atoms with Gasteiger partial charge in [0.05, 0.1) is 12.3 Å². The molecule has 0 bridgehead atoms. The summed E-state index contributed by atoms with van der Waals surface area (Å²) >= 11 is 0. The zero-order valence-corrected chi connectivity index (χ0v) is 18.0. The highest BCUT2D eigenvalue weighted by molar-refractivity contribution is 5.76. The summed E-state index contributed by atoms with van der Waals surface area (Å²) < 4.78 is 47.1. The lowest BCUT2D eigenvalue weighted by atomic mass is 9.70. The van der Waals surface area contributed by atoms with E-state index >= 15 is 0 Å². The van der Waals surface area contributed by atoms with Crippen LogP contribution in [0.2, 0.25) is 0 Å². The number of alkyl halides is 3. The molecule has 0 aromatic heterocycles. The Morgan fingerprint density at radius 1 is 1.04 bits per heavy atom. The fraction of sp³-hybridized carbons (Fsp3) is 0.905. The molecule has 1 unspecified atom stereocenters. The second-order valence-corrected chi connectivity index (χ2v) is 9.90. The largest absolute Gasteiger partial charge is 0.458 e. The van der Waals surface area contributed by atoms with Crippen molar-refractivity contribution in [1.82, 2.24) is 0 Å². The Morgan fingerprint density at radius 2 is 1.57 bits per heavy atom. The number of hydrogen-bond acceptors (Lipinski definition) is 4. The van der Waals surface area contributed by atoms with Gasteiger partial charge in [0.2, 0.25) is 0 Å². The van der Waals surface area contributed by atoms with E-state index in [-0.39, 0.29) is 29.1 Å². The first-order chi connectivity index (χ1) is 12.6. The summed E-state index contributed by atoms with van der Waals surface area (Å²) in [4.78, 5) is 25.0. The number of rotatable bonds is 8. The molecule has 0 aromatic carbocycles. The van der Waals surface area contributed by atoms with Crippen molar-refractivity contribution in [3.8, 4) is 0 Å². The molecule has 1 rings (SSSR count). The minimum Gasteiger partial charge on any atom is -0.458 e. The number of carbonyl (C=O) groups is 2. The Morgan fingerprint density at radius 3 is 2.00 bits per heavy atom. The van der Waals surface area contributed by atoms with Crippen molar-refractivity contribution in [3.05, 3.63) is 0 Å². The van der Waals surface area contributed by atoms with Crippen LogP contribution < -0.4 is 0 Å². The van der Waals surface area contributed by atoms with Crippen LogP contribution in [0, 0.1) is 16.7 Å². The molecular weight excluding hydrogens is 373 g/mol. The Bertz CT molecular complexity index is 541. The second-order valence-electron chi connectivity index (χ2n) is 9.90. The van der Waals surface area contributed by atoms with Crippen LogP contribution in [-0.2, 0) is 19.1 Å². The van der Waals surface area contributed by atoms with Crippen LogP contribution in [-0.4, -0.2) is 30.3 Å². The standard InChI is InChI=1S/C21H35F3O4/c1-7-19(5,6)12-15(18(2,3)4)17(26)28-20(10-8-9-11-20)13-16(25)27-14-21(22,23)24/h15H,7-14H2,1-6H3. The average molecular weight is 409 g/mol. The van der Waals surface area contributed by atoms with Gasteiger partial charge in [0.25, 0.3) is 0 Å². The van der Waals surface area contributed by atoms with Crippen molar-refractivity contribution in [3.63, 3.8) is 0 Å². The highest BCUT2D eigenvalue weighted by Gasteiger charge is 2.45. The first-order valence-electron chi connectivity index (χ1n) is 10.0. The van der Waals surface area contributed by atoms with Crippen LogP contribution in [0.3, 0.4) is 0 Å². The maximum absolute atomic E-state index is 13.1. The summed E-state index contributed by atoms with van der Waals surface area (Å²) in [5.74, 6) is -1.72. The summed E-state index contributed by atoms with van der Waals surface area (Å²) in [6.07, 6.45) is -0.897. The van der Waals surface area contributed by atoms with Crippen LogP contribution in [0.1, 0.15) is 86.5 Å². The third kappa shape index (κ3) is 8.00. The fourth-order valence-corrected chi connectivity index (χ4v) is 3.54. The van der Waals surface area contributed by atoms with Crippen molar-refractivity contribution in [2.45, 2.75) is 98.3 Å². The number of hydrogen-bond donors (Lipinski definition) is 0. The normalized spacial score (nSPS) is 18.6. The van der Waals surface area contributed by atoms with Crippen LogP contribution in [0.15, 0.2) is 0 Å². The fourth-order valence-electron chi connectivity index (χ4n) is 3.54. The van der Waals surface area contributed by atoms with E-state index in [0.29, 0.717) is 19.3 Å². The van der Waals surface area contributed by atoms with Crippen molar-refractivity contribution >= 4 is 11.9 Å². The Labute approximate surface area is 166 Å². The van der Waals surface area contributed by atoms with Gasteiger partial charge >= 0.3 is 18.1 Å². The predicted molar refractivity (Wildman–Crippen MR) is 101 cm³/mol. The molecule has 0 spiro atoms. The Hall–Kier alpha value is -1.27. The van der Waals surface area contributed by atoms with Gasteiger partial charge in [-0.2, -0.15) is 13.2 Å². The Kier molecular flexibility index (Phi) is 7.99. The van der Waals surface area contributed by atoms with E-state index in [1.807, 2.05) is 20.8 Å². The third-order valence-corrected chi connectivity index (χ3v) is 5.74. The number of halogens is 3. The van der Waals surface area contributed by atoms with Crippen LogP contribution in [0.5, 0.6) is 0 Å². The Balaban J connectivity index is 2.90. The minimum atomic E-state index is -4.57. The SMILES string of the molecule is CCC(C)(C)CC(C(=O)OC1(CC(=O)OCC(F)(F)F)CCCC1)C(C)(C)C. The van der Waals surface area contributed by atoms with Gasteiger partial charge in [-0.15, -0.1) is 0 Å². The topological polar surface area (TPSA) is 52.6 Å². The maximum Gasteiger partial charge on any atom is 0.422 e. The molecule has 1 fully saturated rings. The van der Waals surface area contributed by atoms with Crippen LogP contribution in [0.25, 0.3) is 0 Å². The van der Waals surface area contributed by atoms with Crippen LogP contribution in [0.4, 0.5) is 13.2 Å². The quantitative estimate of drug-likeness (QED) is 0.475. The molecule has 0 N–H and O–H groups in total. The average Bonchev–Trinajstić information content (AvgIpc) is 2.97. The van der Waals surface area contributed by atoms with Gasteiger partial charge in [-0.05, 0) is 42.9 Å². The summed E-state index contributed by atoms with van der Waals surface area (Å²) in [6, 6.07) is 0. The molecule has 0 amide bonds. The smallest absolute Gasteiger partial charge is 0.422 e. The monoisotopic (exact) mass is 408 g/mol. The molecule has 164 valence electrons. The molecule has 0 heterocycles. The van der Waals surface area contributed by atoms with Gasteiger partial charge in [0.15, 0.2) is 6.61 Å². The lowest BCUT2D eigenvalue weighted by molar-refractivity contribution is -0.192. The zero-order valence-electron chi connectivity index (χ0n) is 18.0. The third-order valence-electron chi connectivity index (χ3n) is 5.74. The molecule has 4 nitrogen and oxygen atoms in total. The highest BCUT2D eigenvalue weighted by Crippen LogP contribution is 2.42. The molecule has 0 radical (unpaired) electrons. The van der Waals surface area contributed by atoms with Crippen LogP contribution >= 0.6 is 0 Å². The molecule has 1 saturated carbocycles. The van der Waals surface area contributed by atoms with E-state index in [0.717, 1.165) is 19.3 Å². The molecule has 1 aliphatic carbocycles. The first kappa shape index (κ1) is 24.8. The lowest BCUT2D eigenvalue weighted by Crippen LogP contribution is -2.42.